The van der Waals surface area contributed by atoms with Gasteiger partial charge in [-0.15, -0.1) is 0 Å². The average Bonchev–Trinajstić information content (AvgIpc) is 3.40. The monoisotopic (exact) mass is 389 g/mol. The number of aromatic nitrogens is 2. The Bertz CT molecular complexity index is 961. The third-order valence-electron chi connectivity index (χ3n) is 6.06. The van der Waals surface area contributed by atoms with Crippen LogP contribution in [0.5, 0.6) is 0 Å². The van der Waals surface area contributed by atoms with Crippen LogP contribution in [0.15, 0.2) is 55.1 Å². The molecule has 5 heteroatoms. The van der Waals surface area contributed by atoms with Crippen LogP contribution < -0.4 is 10.2 Å². The molecule has 2 aromatic carbocycles. The smallest absolute Gasteiger partial charge is 0.0991 e. The van der Waals surface area contributed by atoms with Gasteiger partial charge in [0.1, 0.15) is 0 Å². The van der Waals surface area contributed by atoms with E-state index in [1.165, 1.54) is 34.5 Å². The van der Waals surface area contributed by atoms with E-state index in [-0.39, 0.29) is 0 Å². The molecule has 2 heterocycles. The summed E-state index contributed by atoms with van der Waals surface area (Å²) in [4.78, 5) is 9.00. The fraction of sp³-hybridized carbons (Fsp3) is 0.375. The van der Waals surface area contributed by atoms with E-state index < -0.39 is 0 Å². The largest absolute Gasteiger partial charge is 0.381 e. The van der Waals surface area contributed by atoms with Crippen LogP contribution in [0.25, 0.3) is 5.69 Å². The molecular formula is C24H31N5. The summed E-state index contributed by atoms with van der Waals surface area (Å²) in [5.41, 5.74) is 7.61. The number of nitrogens with one attached hydrogen (secondary N) is 1. The molecule has 0 radical (unpaired) electrons. The van der Waals surface area contributed by atoms with Crippen LogP contribution in [-0.2, 0) is 6.54 Å². The van der Waals surface area contributed by atoms with Crippen LogP contribution in [-0.4, -0.2) is 47.7 Å². The van der Waals surface area contributed by atoms with Crippen molar-refractivity contribution in [2.45, 2.75) is 32.9 Å². The third kappa shape index (κ3) is 4.30. The first-order valence-corrected chi connectivity index (χ1v) is 10.3. The molecule has 29 heavy (non-hydrogen) atoms. The molecule has 0 aliphatic carbocycles. The summed E-state index contributed by atoms with van der Waals surface area (Å²) in [6.45, 7) is 7.43. The minimum atomic E-state index is 0.641. The number of imidazole rings is 1. The van der Waals surface area contributed by atoms with Crippen molar-refractivity contribution in [3.05, 3.63) is 71.8 Å². The summed E-state index contributed by atoms with van der Waals surface area (Å²) >= 11 is 0. The number of hydrogen-bond donors (Lipinski definition) is 1. The van der Waals surface area contributed by atoms with Gasteiger partial charge in [-0.25, -0.2) is 4.98 Å². The Morgan fingerprint density at radius 2 is 1.97 bits per heavy atom. The van der Waals surface area contributed by atoms with Gasteiger partial charge in [0.2, 0.25) is 0 Å². The van der Waals surface area contributed by atoms with Gasteiger partial charge in [0.15, 0.2) is 0 Å². The Labute approximate surface area is 174 Å². The maximum atomic E-state index is 4.13. The van der Waals surface area contributed by atoms with Crippen molar-refractivity contribution in [3.8, 4) is 5.69 Å². The lowest BCUT2D eigenvalue weighted by atomic mass is 10.1. The van der Waals surface area contributed by atoms with Crippen molar-refractivity contribution in [1.29, 1.82) is 0 Å². The van der Waals surface area contributed by atoms with E-state index in [0.717, 1.165) is 25.3 Å². The lowest BCUT2D eigenvalue weighted by molar-refractivity contribution is 0.315. The normalized spacial score (nSPS) is 16.6. The minimum absolute atomic E-state index is 0.641. The molecule has 5 nitrogen and oxygen atoms in total. The first-order valence-electron chi connectivity index (χ1n) is 10.3. The summed E-state index contributed by atoms with van der Waals surface area (Å²) in [5, 5.41) is 3.62. The maximum absolute atomic E-state index is 4.13. The van der Waals surface area contributed by atoms with Gasteiger partial charge in [-0.1, -0.05) is 12.1 Å². The van der Waals surface area contributed by atoms with Crippen LogP contribution in [0.3, 0.4) is 0 Å². The van der Waals surface area contributed by atoms with Crippen LogP contribution in [0, 0.1) is 13.8 Å². The summed E-state index contributed by atoms with van der Waals surface area (Å²) in [6, 6.07) is 13.9. The summed E-state index contributed by atoms with van der Waals surface area (Å²) in [5.74, 6) is 0. The van der Waals surface area contributed by atoms with Crippen molar-refractivity contribution in [2.24, 2.45) is 0 Å². The molecule has 1 unspecified atom stereocenters. The van der Waals surface area contributed by atoms with Crippen LogP contribution in [0.2, 0.25) is 0 Å². The Hall–Kier alpha value is -2.79. The summed E-state index contributed by atoms with van der Waals surface area (Å²) < 4.78 is 2.04. The van der Waals surface area contributed by atoms with Gasteiger partial charge in [0.25, 0.3) is 0 Å². The molecule has 1 N–H and O–H groups in total. The van der Waals surface area contributed by atoms with Gasteiger partial charge in [-0.05, 0) is 75.3 Å². The standard InChI is InChI=1S/C24H31N5/c1-18-5-7-21(14-24(18)28-11-9-23(16-28)27(3)4)26-15-20-6-8-22(13-19(20)2)29-12-10-25-17-29/h5-8,10,12-14,17,23,26H,9,11,15-16H2,1-4H3. The Morgan fingerprint density at radius 1 is 1.10 bits per heavy atom. The molecule has 1 aliphatic heterocycles. The average molecular weight is 390 g/mol. The zero-order valence-corrected chi connectivity index (χ0v) is 17.9. The van der Waals surface area contributed by atoms with E-state index in [2.05, 4.69) is 84.4 Å². The number of rotatable bonds is 6. The minimum Gasteiger partial charge on any atom is -0.381 e. The molecule has 152 valence electrons. The van der Waals surface area contributed by atoms with Crippen molar-refractivity contribution < 1.29 is 0 Å². The molecule has 0 saturated carbocycles. The second-order valence-corrected chi connectivity index (χ2v) is 8.29. The van der Waals surface area contributed by atoms with E-state index in [1.54, 1.807) is 6.20 Å². The summed E-state index contributed by atoms with van der Waals surface area (Å²) in [6.07, 6.45) is 6.84. The van der Waals surface area contributed by atoms with Gasteiger partial charge in [-0.2, -0.15) is 0 Å². The SMILES string of the molecule is Cc1cc(-n2ccnc2)ccc1CNc1ccc(C)c(N2CCC(N(C)C)C2)c1. The highest BCUT2D eigenvalue weighted by Gasteiger charge is 2.25. The van der Waals surface area contributed by atoms with Crippen LogP contribution in [0.4, 0.5) is 11.4 Å². The van der Waals surface area contributed by atoms with Crippen LogP contribution in [0.1, 0.15) is 23.1 Å². The van der Waals surface area contributed by atoms with E-state index in [0.29, 0.717) is 6.04 Å². The first-order chi connectivity index (χ1) is 14.0. The van der Waals surface area contributed by atoms with Gasteiger partial charge >= 0.3 is 0 Å². The topological polar surface area (TPSA) is 36.3 Å². The third-order valence-corrected chi connectivity index (χ3v) is 6.06. The quantitative estimate of drug-likeness (QED) is 0.684. The number of aryl methyl sites for hydroxylation is 2. The van der Waals surface area contributed by atoms with Crippen molar-refractivity contribution in [1.82, 2.24) is 14.5 Å². The molecule has 0 bridgehead atoms. The fourth-order valence-electron chi connectivity index (χ4n) is 4.09. The predicted molar refractivity (Wildman–Crippen MR) is 121 cm³/mol. The Morgan fingerprint density at radius 3 is 2.66 bits per heavy atom. The van der Waals surface area contributed by atoms with E-state index >= 15 is 0 Å². The van der Waals surface area contributed by atoms with Crippen molar-refractivity contribution in [3.63, 3.8) is 0 Å². The number of anilines is 2. The molecule has 1 atom stereocenters. The number of hydrogen-bond acceptors (Lipinski definition) is 4. The van der Waals surface area contributed by atoms with Gasteiger partial charge in [-0.3, -0.25) is 0 Å². The van der Waals surface area contributed by atoms with Gasteiger partial charge in [0, 0.05) is 55.1 Å². The first kappa shape index (κ1) is 19.5. The second kappa shape index (κ2) is 8.29. The Balaban J connectivity index is 1.45. The molecular weight excluding hydrogens is 358 g/mol. The second-order valence-electron chi connectivity index (χ2n) is 8.29. The molecule has 3 aromatic rings. The van der Waals surface area contributed by atoms with Crippen molar-refractivity contribution in [2.75, 3.05) is 37.4 Å². The van der Waals surface area contributed by atoms with Gasteiger partial charge in [0.05, 0.1) is 6.33 Å². The van der Waals surface area contributed by atoms with Crippen LogP contribution >= 0.6 is 0 Å². The van der Waals surface area contributed by atoms with Crippen molar-refractivity contribution >= 4 is 11.4 Å². The highest BCUT2D eigenvalue weighted by Crippen LogP contribution is 2.29. The molecule has 4 rings (SSSR count). The molecule has 1 aromatic heterocycles. The predicted octanol–water partition coefficient (Wildman–Crippen LogP) is 4.24. The number of benzene rings is 2. The van der Waals surface area contributed by atoms with Gasteiger partial charge < -0.3 is 19.7 Å². The lowest BCUT2D eigenvalue weighted by Gasteiger charge is -2.24. The Kier molecular flexibility index (Phi) is 5.58. The molecule has 0 spiro atoms. The maximum Gasteiger partial charge on any atom is 0.0991 e. The number of likely N-dealkylation sites (N-methyl/N-ethyl adjacent to an activating group) is 1. The van der Waals surface area contributed by atoms with E-state index in [1.807, 2.05) is 17.1 Å². The summed E-state index contributed by atoms with van der Waals surface area (Å²) in [7, 11) is 4.36. The molecule has 1 aliphatic rings. The highest BCUT2D eigenvalue weighted by atomic mass is 15.2. The molecule has 1 saturated heterocycles. The zero-order chi connectivity index (χ0) is 20.4. The molecule has 1 fully saturated rings. The highest BCUT2D eigenvalue weighted by molar-refractivity contribution is 5.63. The van der Waals surface area contributed by atoms with E-state index in [9.17, 15) is 0 Å². The van der Waals surface area contributed by atoms with E-state index in [4.69, 9.17) is 0 Å². The lowest BCUT2D eigenvalue weighted by Crippen LogP contribution is -2.31. The fourth-order valence-corrected chi connectivity index (χ4v) is 4.09. The zero-order valence-electron chi connectivity index (χ0n) is 17.9. The number of nitrogens with zero attached hydrogens (tertiary/aromatic N) is 4. The molecule has 0 amide bonds.